The summed E-state index contributed by atoms with van der Waals surface area (Å²) < 4.78 is 9.90. The number of carboxylic acid groups (broad SMARTS) is 1. The highest BCUT2D eigenvalue weighted by molar-refractivity contribution is 5.93. The van der Waals surface area contributed by atoms with Crippen molar-refractivity contribution in [3.05, 3.63) is 23.8 Å². The van der Waals surface area contributed by atoms with E-state index >= 15 is 0 Å². The van der Waals surface area contributed by atoms with Gasteiger partial charge in [-0.25, -0.2) is 9.59 Å². The van der Waals surface area contributed by atoms with Gasteiger partial charge >= 0.3 is 12.1 Å². The van der Waals surface area contributed by atoms with E-state index in [4.69, 9.17) is 9.84 Å². The van der Waals surface area contributed by atoms with E-state index in [1.165, 1.54) is 30.2 Å². The van der Waals surface area contributed by atoms with Gasteiger partial charge in [-0.3, -0.25) is 4.90 Å². The minimum absolute atomic E-state index is 0.268. The van der Waals surface area contributed by atoms with Crippen LogP contribution in [0.5, 0.6) is 5.75 Å². The molecule has 1 amide bonds. The highest BCUT2D eigenvalue weighted by Gasteiger charge is 2.24. The molecule has 0 aromatic heterocycles. The number of esters is 1. The molecule has 0 saturated carbocycles. The molecule has 2 rings (SSSR count). The van der Waals surface area contributed by atoms with Gasteiger partial charge in [0.2, 0.25) is 0 Å². The molecular formula is C11H11NO5. The minimum atomic E-state index is -1.04. The SMILES string of the molecule is COC(=O)c1ccc2c(c1)OCCN2C(=O)O. The molecule has 1 N–H and O–H groups in total. The van der Waals surface area contributed by atoms with Crippen LogP contribution in [0.1, 0.15) is 10.4 Å². The van der Waals surface area contributed by atoms with Crippen molar-refractivity contribution in [1.29, 1.82) is 0 Å². The lowest BCUT2D eigenvalue weighted by Gasteiger charge is -2.27. The third-order valence-corrected chi connectivity index (χ3v) is 2.48. The number of methoxy groups -OCH3 is 1. The molecule has 0 atom stereocenters. The van der Waals surface area contributed by atoms with Gasteiger partial charge in [0.15, 0.2) is 0 Å². The van der Waals surface area contributed by atoms with Crippen molar-refractivity contribution in [3.63, 3.8) is 0 Å². The van der Waals surface area contributed by atoms with E-state index in [0.717, 1.165) is 0 Å². The third-order valence-electron chi connectivity index (χ3n) is 2.48. The Morgan fingerprint density at radius 1 is 1.47 bits per heavy atom. The first kappa shape index (κ1) is 11.3. The maximum atomic E-state index is 11.3. The molecular weight excluding hydrogens is 226 g/mol. The topological polar surface area (TPSA) is 76.1 Å². The third kappa shape index (κ3) is 2.01. The van der Waals surface area contributed by atoms with Crippen LogP contribution in [0.25, 0.3) is 0 Å². The monoisotopic (exact) mass is 237 g/mol. The molecule has 0 radical (unpaired) electrons. The van der Waals surface area contributed by atoms with Crippen molar-refractivity contribution in [1.82, 2.24) is 0 Å². The van der Waals surface area contributed by atoms with Crippen LogP contribution in [0.3, 0.4) is 0 Å². The van der Waals surface area contributed by atoms with E-state index in [0.29, 0.717) is 17.0 Å². The van der Waals surface area contributed by atoms with Gasteiger partial charge < -0.3 is 14.6 Å². The van der Waals surface area contributed by atoms with Crippen molar-refractivity contribution in [2.75, 3.05) is 25.2 Å². The van der Waals surface area contributed by atoms with E-state index in [9.17, 15) is 9.59 Å². The first-order valence-electron chi connectivity index (χ1n) is 4.99. The minimum Gasteiger partial charge on any atom is -0.490 e. The summed E-state index contributed by atoms with van der Waals surface area (Å²) in [6.07, 6.45) is -1.04. The standard InChI is InChI=1S/C11H11NO5/c1-16-10(13)7-2-3-8-9(6-7)17-5-4-12(8)11(14)15/h2-3,6H,4-5H2,1H3,(H,14,15). The van der Waals surface area contributed by atoms with Crippen LogP contribution >= 0.6 is 0 Å². The molecule has 1 aliphatic heterocycles. The Labute approximate surface area is 97.4 Å². The van der Waals surface area contributed by atoms with Crippen molar-refractivity contribution in [2.24, 2.45) is 0 Å². The summed E-state index contributed by atoms with van der Waals surface area (Å²) in [6.45, 7) is 0.545. The van der Waals surface area contributed by atoms with Crippen molar-refractivity contribution >= 4 is 17.7 Å². The Morgan fingerprint density at radius 3 is 2.88 bits per heavy atom. The van der Waals surface area contributed by atoms with Crippen LogP contribution in [0.2, 0.25) is 0 Å². The summed E-state index contributed by atoms with van der Waals surface area (Å²) in [4.78, 5) is 23.5. The van der Waals surface area contributed by atoms with Gasteiger partial charge in [-0.2, -0.15) is 0 Å². The van der Waals surface area contributed by atoms with E-state index < -0.39 is 12.1 Å². The first-order chi connectivity index (χ1) is 8.13. The van der Waals surface area contributed by atoms with E-state index in [2.05, 4.69) is 4.74 Å². The molecule has 6 nitrogen and oxygen atoms in total. The number of carbonyl (C=O) groups is 2. The Balaban J connectivity index is 2.39. The Kier molecular flexibility index (Phi) is 2.86. The molecule has 1 heterocycles. The van der Waals surface area contributed by atoms with Gasteiger partial charge in [-0.1, -0.05) is 0 Å². The molecule has 1 aromatic carbocycles. The number of rotatable bonds is 1. The number of anilines is 1. The number of amides is 1. The predicted molar refractivity (Wildman–Crippen MR) is 58.6 cm³/mol. The fourth-order valence-electron chi connectivity index (χ4n) is 1.66. The second kappa shape index (κ2) is 4.32. The van der Waals surface area contributed by atoms with Crippen molar-refractivity contribution in [3.8, 4) is 5.75 Å². The highest BCUT2D eigenvalue weighted by atomic mass is 16.5. The molecule has 0 spiro atoms. The lowest BCUT2D eigenvalue weighted by molar-refractivity contribution is 0.0600. The Hall–Kier alpha value is -2.24. The fourth-order valence-corrected chi connectivity index (χ4v) is 1.66. The quantitative estimate of drug-likeness (QED) is 0.746. The summed E-state index contributed by atoms with van der Waals surface area (Å²) in [7, 11) is 1.28. The molecule has 0 bridgehead atoms. The van der Waals surface area contributed by atoms with Crippen LogP contribution in [0, 0.1) is 0 Å². The van der Waals surface area contributed by atoms with Crippen molar-refractivity contribution in [2.45, 2.75) is 0 Å². The summed E-state index contributed by atoms with van der Waals surface area (Å²) in [5.41, 5.74) is 0.773. The molecule has 17 heavy (non-hydrogen) atoms. The number of carbonyl (C=O) groups excluding carboxylic acids is 1. The van der Waals surface area contributed by atoms with Gasteiger partial charge in [0.05, 0.1) is 24.9 Å². The first-order valence-corrected chi connectivity index (χ1v) is 4.99. The average Bonchev–Trinajstić information content (AvgIpc) is 2.36. The van der Waals surface area contributed by atoms with E-state index in [-0.39, 0.29) is 13.2 Å². The summed E-state index contributed by atoms with van der Waals surface area (Å²) in [6, 6.07) is 4.53. The zero-order valence-electron chi connectivity index (χ0n) is 9.17. The molecule has 1 aliphatic rings. The summed E-state index contributed by atoms with van der Waals surface area (Å²) in [5.74, 6) is -0.106. The van der Waals surface area contributed by atoms with Crippen LogP contribution in [0.4, 0.5) is 10.5 Å². The van der Waals surface area contributed by atoms with Crippen LogP contribution < -0.4 is 9.64 Å². The molecule has 0 saturated heterocycles. The number of hydrogen-bond acceptors (Lipinski definition) is 4. The maximum absolute atomic E-state index is 11.3. The molecule has 1 aromatic rings. The van der Waals surface area contributed by atoms with Gasteiger partial charge in [0.25, 0.3) is 0 Å². The molecule has 0 unspecified atom stereocenters. The largest absolute Gasteiger partial charge is 0.490 e. The second-order valence-electron chi connectivity index (χ2n) is 3.46. The number of hydrogen-bond donors (Lipinski definition) is 1. The van der Waals surface area contributed by atoms with Gasteiger partial charge in [0.1, 0.15) is 12.4 Å². The zero-order valence-corrected chi connectivity index (χ0v) is 9.17. The molecule has 0 fully saturated rings. The lowest BCUT2D eigenvalue weighted by Crippen LogP contribution is -2.36. The second-order valence-corrected chi connectivity index (χ2v) is 3.46. The average molecular weight is 237 g/mol. The fraction of sp³-hybridized carbons (Fsp3) is 0.273. The smallest absolute Gasteiger partial charge is 0.412 e. The normalized spacial score (nSPS) is 13.6. The maximum Gasteiger partial charge on any atom is 0.412 e. The zero-order chi connectivity index (χ0) is 12.4. The highest BCUT2D eigenvalue weighted by Crippen LogP contribution is 2.32. The molecule has 90 valence electrons. The lowest BCUT2D eigenvalue weighted by atomic mass is 10.1. The molecule has 0 aliphatic carbocycles. The van der Waals surface area contributed by atoms with Crippen LogP contribution in [-0.2, 0) is 4.74 Å². The van der Waals surface area contributed by atoms with Crippen molar-refractivity contribution < 1.29 is 24.2 Å². The number of ether oxygens (including phenoxy) is 2. The Bertz CT molecular complexity index is 471. The summed E-state index contributed by atoms with van der Waals surface area (Å²) in [5, 5.41) is 8.99. The van der Waals surface area contributed by atoms with Crippen LogP contribution in [0.15, 0.2) is 18.2 Å². The van der Waals surface area contributed by atoms with Gasteiger partial charge in [-0.05, 0) is 18.2 Å². The number of nitrogens with zero attached hydrogens (tertiary/aromatic N) is 1. The van der Waals surface area contributed by atoms with E-state index in [1.54, 1.807) is 0 Å². The summed E-state index contributed by atoms with van der Waals surface area (Å²) >= 11 is 0. The van der Waals surface area contributed by atoms with E-state index in [1.807, 2.05) is 0 Å². The predicted octanol–water partition coefficient (Wildman–Crippen LogP) is 1.35. The molecule has 6 heteroatoms. The number of fused-ring (bicyclic) bond motifs is 1. The van der Waals surface area contributed by atoms with Gasteiger partial charge in [0, 0.05) is 0 Å². The van der Waals surface area contributed by atoms with Gasteiger partial charge in [-0.15, -0.1) is 0 Å². The number of benzene rings is 1. The Morgan fingerprint density at radius 2 is 2.24 bits per heavy atom. The van der Waals surface area contributed by atoms with Crippen LogP contribution in [-0.4, -0.2) is 37.4 Å².